The molecule has 0 amide bonds. The average molecular weight is 718 g/mol. The van der Waals surface area contributed by atoms with Gasteiger partial charge in [0.25, 0.3) is 5.56 Å². The van der Waals surface area contributed by atoms with Crippen LogP contribution in [0.25, 0.3) is 27.8 Å². The van der Waals surface area contributed by atoms with Gasteiger partial charge in [-0.2, -0.15) is 0 Å². The summed E-state index contributed by atoms with van der Waals surface area (Å²) in [6, 6.07) is 18.4. The van der Waals surface area contributed by atoms with Crippen molar-refractivity contribution in [3.05, 3.63) is 116 Å². The van der Waals surface area contributed by atoms with Gasteiger partial charge >= 0.3 is 5.69 Å². The zero-order valence-electron chi connectivity index (χ0n) is 30.1. The Bertz CT molecular complexity index is 2300. The molecule has 53 heavy (non-hydrogen) atoms. The Hall–Kier alpha value is -5.00. The summed E-state index contributed by atoms with van der Waals surface area (Å²) in [5.41, 5.74) is 3.20. The normalized spacial score (nSPS) is 20.0. The van der Waals surface area contributed by atoms with Crippen molar-refractivity contribution in [1.29, 1.82) is 0 Å². The molecule has 1 aliphatic heterocycles. The number of nitrogens with zero attached hydrogens (tertiary/aromatic N) is 5. The molecule has 0 bridgehead atoms. The van der Waals surface area contributed by atoms with Crippen LogP contribution in [0, 0.1) is 11.7 Å². The maximum Gasteiger partial charge on any atom is 0.337 e. The van der Waals surface area contributed by atoms with Crippen LogP contribution in [0.2, 0.25) is 0 Å². The van der Waals surface area contributed by atoms with Gasteiger partial charge in [0.2, 0.25) is 0 Å². The van der Waals surface area contributed by atoms with Crippen LogP contribution in [-0.4, -0.2) is 68.7 Å². The zero-order chi connectivity index (χ0) is 36.6. The summed E-state index contributed by atoms with van der Waals surface area (Å²) >= 11 is 0. The molecule has 0 radical (unpaired) electrons. The summed E-state index contributed by atoms with van der Waals surface area (Å²) in [7, 11) is 2.17. The third-order valence-corrected chi connectivity index (χ3v) is 11.3. The van der Waals surface area contributed by atoms with Gasteiger partial charge in [-0.1, -0.05) is 36.4 Å². The first-order valence-corrected chi connectivity index (χ1v) is 18.8. The molecule has 3 aromatic heterocycles. The van der Waals surface area contributed by atoms with Crippen LogP contribution >= 0.6 is 0 Å². The highest BCUT2D eigenvalue weighted by atomic mass is 19.1. The highest BCUT2D eigenvalue weighted by Crippen LogP contribution is 2.35. The largest absolute Gasteiger partial charge is 0.457 e. The molecule has 11 heteroatoms. The quantitative estimate of drug-likeness (QED) is 0.165. The van der Waals surface area contributed by atoms with Crippen molar-refractivity contribution in [2.24, 2.45) is 5.92 Å². The van der Waals surface area contributed by atoms with E-state index < -0.39 is 23.1 Å². The summed E-state index contributed by atoms with van der Waals surface area (Å²) < 4.78 is 23.0. The number of aryl methyl sites for hydroxylation is 1. The first-order valence-electron chi connectivity index (χ1n) is 18.8. The number of Topliss-reactive ketones (excluding diaryl/α,β-unsaturated/α-hetero) is 2. The van der Waals surface area contributed by atoms with Gasteiger partial charge < -0.3 is 9.32 Å². The average Bonchev–Trinajstić information content (AvgIpc) is 3.51. The number of hydrogen-bond acceptors (Lipinski definition) is 8. The molecule has 1 saturated carbocycles. The number of furan rings is 1. The monoisotopic (exact) mass is 717 g/mol. The van der Waals surface area contributed by atoms with Crippen molar-refractivity contribution < 1.29 is 18.4 Å². The SMILES string of the molecule is CN1CCCN(Cc2ccc(-c3cccc(-n4c(=O)n(C5CCC(CC(=O)c6cc7c(o6)CCCC7=O)CC5)c(=O)c5cc(F)cnc54)c3)cc2)CC1. The molecular weight excluding hydrogens is 673 g/mol. The topological polar surface area (TPSA) is 111 Å². The van der Waals surface area contributed by atoms with E-state index in [1.54, 1.807) is 12.1 Å². The van der Waals surface area contributed by atoms with Gasteiger partial charge in [0.05, 0.1) is 22.8 Å². The Morgan fingerprint density at radius 3 is 2.49 bits per heavy atom. The number of benzene rings is 2. The maximum atomic E-state index is 14.6. The number of halogens is 1. The highest BCUT2D eigenvalue weighted by molar-refractivity contribution is 6.01. The van der Waals surface area contributed by atoms with E-state index in [-0.39, 0.29) is 40.7 Å². The van der Waals surface area contributed by atoms with E-state index in [4.69, 9.17) is 4.42 Å². The standard InChI is InChI=1S/C42H44FN5O5/c1-45-17-4-18-46(20-19-45)26-28-9-13-29(14-10-28)30-5-2-6-33(22-30)47-40-35(23-31(43)25-44-40)41(51)48(42(47)52)32-15-11-27(12-16-32)21-37(50)39-24-34-36(49)7-3-8-38(34)53-39/h2,5-6,9-10,13-14,22-25,27,32H,3-4,7-8,11-12,15-21,26H2,1H3. The predicted molar refractivity (Wildman–Crippen MR) is 200 cm³/mol. The van der Waals surface area contributed by atoms with Crippen LogP contribution in [0.15, 0.2) is 80.9 Å². The number of carbonyl (C=O) groups excluding carboxylic acids is 2. The third-order valence-electron chi connectivity index (χ3n) is 11.3. The van der Waals surface area contributed by atoms with Crippen LogP contribution in [-0.2, 0) is 13.0 Å². The lowest BCUT2D eigenvalue weighted by Gasteiger charge is -2.29. The Balaban J connectivity index is 1.04. The van der Waals surface area contributed by atoms with Gasteiger partial charge in [0.1, 0.15) is 11.6 Å². The van der Waals surface area contributed by atoms with Gasteiger partial charge in [0.15, 0.2) is 23.0 Å². The molecule has 0 atom stereocenters. The molecule has 3 aliphatic rings. The number of pyridine rings is 1. The van der Waals surface area contributed by atoms with E-state index in [9.17, 15) is 23.6 Å². The minimum absolute atomic E-state index is 0.0176. The summed E-state index contributed by atoms with van der Waals surface area (Å²) in [5.74, 6) is 0.0990. The minimum Gasteiger partial charge on any atom is -0.457 e. The molecule has 2 fully saturated rings. The minimum atomic E-state index is -0.657. The van der Waals surface area contributed by atoms with E-state index in [0.29, 0.717) is 55.5 Å². The van der Waals surface area contributed by atoms with E-state index in [2.05, 4.69) is 46.1 Å². The first-order chi connectivity index (χ1) is 25.7. The maximum absolute atomic E-state index is 14.6. The van der Waals surface area contributed by atoms with Crippen LogP contribution < -0.4 is 11.2 Å². The molecule has 5 aromatic rings. The van der Waals surface area contributed by atoms with Crippen LogP contribution in [0.3, 0.4) is 0 Å². The first kappa shape index (κ1) is 35.1. The number of carbonyl (C=O) groups is 2. The molecule has 2 aliphatic carbocycles. The highest BCUT2D eigenvalue weighted by Gasteiger charge is 2.30. The second kappa shape index (κ2) is 14.8. The van der Waals surface area contributed by atoms with Gasteiger partial charge in [-0.25, -0.2) is 18.7 Å². The Kier molecular flexibility index (Phi) is 9.78. The van der Waals surface area contributed by atoms with E-state index in [0.717, 1.165) is 69.0 Å². The molecule has 10 nitrogen and oxygen atoms in total. The van der Waals surface area contributed by atoms with Crippen molar-refractivity contribution in [2.45, 2.75) is 70.4 Å². The van der Waals surface area contributed by atoms with Gasteiger partial charge in [-0.05, 0) is 106 Å². The number of likely N-dealkylation sites (N-methyl/N-ethyl adjacent to an activating group) is 1. The second-order valence-electron chi connectivity index (χ2n) is 15.0. The molecule has 4 heterocycles. The molecule has 274 valence electrons. The molecule has 0 N–H and O–H groups in total. The molecule has 2 aromatic carbocycles. The number of ketones is 2. The van der Waals surface area contributed by atoms with E-state index >= 15 is 0 Å². The lowest BCUT2D eigenvalue weighted by molar-refractivity contribution is 0.0910. The third kappa shape index (κ3) is 7.20. The summed E-state index contributed by atoms with van der Waals surface area (Å²) in [5, 5.41) is 0.0349. The summed E-state index contributed by atoms with van der Waals surface area (Å²) in [6.07, 6.45) is 6.58. The fourth-order valence-corrected chi connectivity index (χ4v) is 8.38. The second-order valence-corrected chi connectivity index (χ2v) is 15.0. The fraction of sp³-hybridized carbons (Fsp3) is 0.405. The van der Waals surface area contributed by atoms with Crippen LogP contribution in [0.5, 0.6) is 0 Å². The number of fused-ring (bicyclic) bond motifs is 2. The van der Waals surface area contributed by atoms with Crippen molar-refractivity contribution in [3.63, 3.8) is 0 Å². The van der Waals surface area contributed by atoms with Crippen LogP contribution in [0.4, 0.5) is 4.39 Å². The van der Waals surface area contributed by atoms with Crippen molar-refractivity contribution in [1.82, 2.24) is 23.9 Å². The zero-order valence-corrected chi connectivity index (χ0v) is 30.1. The Morgan fingerprint density at radius 1 is 0.887 bits per heavy atom. The van der Waals surface area contributed by atoms with Crippen molar-refractivity contribution in [2.75, 3.05) is 33.2 Å². The molecule has 8 rings (SSSR count). The molecule has 0 spiro atoms. The van der Waals surface area contributed by atoms with Gasteiger partial charge in [-0.3, -0.25) is 23.9 Å². The Morgan fingerprint density at radius 2 is 1.70 bits per heavy atom. The lowest BCUT2D eigenvalue weighted by Crippen LogP contribution is -2.43. The number of rotatable bonds is 8. The molecule has 0 unspecified atom stereocenters. The Labute approximate surface area is 306 Å². The van der Waals surface area contributed by atoms with Crippen LogP contribution in [0.1, 0.15) is 89.6 Å². The fourth-order valence-electron chi connectivity index (χ4n) is 8.38. The number of hydrogen-bond donors (Lipinski definition) is 0. The molecule has 1 saturated heterocycles. The smallest absolute Gasteiger partial charge is 0.337 e. The summed E-state index contributed by atoms with van der Waals surface area (Å²) in [6.45, 7) is 5.20. The lowest BCUT2D eigenvalue weighted by atomic mass is 9.82. The molecular formula is C42H44FN5O5. The van der Waals surface area contributed by atoms with Gasteiger partial charge in [0, 0.05) is 44.9 Å². The van der Waals surface area contributed by atoms with Gasteiger partial charge in [-0.15, -0.1) is 0 Å². The van der Waals surface area contributed by atoms with Crippen molar-refractivity contribution in [3.8, 4) is 16.8 Å². The van der Waals surface area contributed by atoms with E-state index in [1.165, 1.54) is 14.7 Å². The van der Waals surface area contributed by atoms with Crippen molar-refractivity contribution >= 4 is 22.6 Å². The van der Waals surface area contributed by atoms with E-state index in [1.807, 2.05) is 18.2 Å². The number of aromatic nitrogens is 3. The predicted octanol–water partition coefficient (Wildman–Crippen LogP) is 6.61. The summed E-state index contributed by atoms with van der Waals surface area (Å²) in [4.78, 5) is 62.8.